The number of nitrogens with zero attached hydrogens (tertiary/aromatic N) is 4. The molecule has 1 unspecified atom stereocenters. The van der Waals surface area contributed by atoms with Gasteiger partial charge >= 0.3 is 11.9 Å². The lowest BCUT2D eigenvalue weighted by molar-refractivity contribution is -0.149. The molecule has 2 aromatic heterocycles. The highest BCUT2D eigenvalue weighted by Gasteiger charge is 2.38. The molecule has 0 bridgehead atoms. The summed E-state index contributed by atoms with van der Waals surface area (Å²) in [7, 11) is 0. The summed E-state index contributed by atoms with van der Waals surface area (Å²) in [6.07, 6.45) is 2.92. The molecule has 2 rings (SSSR count). The number of carbonyl (C=O) groups excluding carboxylic acids is 2. The standard InChI is InChI=1S/C22H37N6O6PS/c1-7-9-32-21(30)22(5,6)27-35(31,36-10-8-17(29)34-15(2)3)14-33-16(4)11-28-13-26-18-19(23)24-12-25-20(18)28/h12-13,15-16H,7-11,14H2,1-6H3,(H,27,31)(H2,23,24,25)/t16-,35?/m0/s1. The molecule has 2 aromatic rings. The third-order valence-corrected chi connectivity index (χ3v) is 9.36. The van der Waals surface area contributed by atoms with Crippen LogP contribution in [0.25, 0.3) is 11.2 Å². The van der Waals surface area contributed by atoms with Gasteiger partial charge in [0.2, 0.25) is 6.49 Å². The first kappa shape index (κ1) is 30.0. The van der Waals surface area contributed by atoms with Crippen LogP contribution in [0.15, 0.2) is 12.7 Å². The Hall–Kier alpha value is -2.21. The number of aromatic nitrogens is 4. The van der Waals surface area contributed by atoms with E-state index in [1.165, 1.54) is 6.33 Å². The smallest absolute Gasteiger partial charge is 0.326 e. The number of imidazole rings is 1. The summed E-state index contributed by atoms with van der Waals surface area (Å²) in [6, 6.07) is 0. The lowest BCUT2D eigenvalue weighted by Gasteiger charge is -2.30. The van der Waals surface area contributed by atoms with Crippen molar-refractivity contribution in [1.82, 2.24) is 24.6 Å². The minimum Gasteiger partial charge on any atom is -0.464 e. The van der Waals surface area contributed by atoms with E-state index in [0.29, 0.717) is 24.1 Å². The Morgan fingerprint density at radius 2 is 1.97 bits per heavy atom. The molecule has 0 amide bonds. The highest BCUT2D eigenvalue weighted by molar-refractivity contribution is 8.57. The van der Waals surface area contributed by atoms with Gasteiger partial charge in [0.05, 0.1) is 38.1 Å². The van der Waals surface area contributed by atoms with E-state index in [-0.39, 0.29) is 49.1 Å². The molecule has 14 heteroatoms. The fourth-order valence-electron chi connectivity index (χ4n) is 3.13. The Morgan fingerprint density at radius 3 is 2.64 bits per heavy atom. The molecule has 36 heavy (non-hydrogen) atoms. The largest absolute Gasteiger partial charge is 0.464 e. The fraction of sp³-hybridized carbons (Fsp3) is 0.682. The van der Waals surface area contributed by atoms with E-state index in [4.69, 9.17) is 19.9 Å². The number of hydrogen-bond donors (Lipinski definition) is 2. The summed E-state index contributed by atoms with van der Waals surface area (Å²) in [4.78, 5) is 36.9. The molecule has 0 fully saturated rings. The minimum absolute atomic E-state index is 0.0763. The van der Waals surface area contributed by atoms with Crippen LogP contribution >= 0.6 is 17.9 Å². The summed E-state index contributed by atoms with van der Waals surface area (Å²) >= 11 is 1.06. The molecule has 2 atom stereocenters. The molecular weight excluding hydrogens is 507 g/mol. The van der Waals surface area contributed by atoms with Crippen molar-refractivity contribution < 1.29 is 28.4 Å². The summed E-state index contributed by atoms with van der Waals surface area (Å²) in [5, 5.41) is 2.95. The number of nitrogen functional groups attached to an aromatic ring is 1. The lowest BCUT2D eigenvalue weighted by Crippen LogP contribution is -2.46. The molecule has 202 valence electrons. The number of ether oxygens (including phenoxy) is 3. The van der Waals surface area contributed by atoms with Crippen LogP contribution in [0, 0.1) is 0 Å². The van der Waals surface area contributed by atoms with Crippen molar-refractivity contribution in [1.29, 1.82) is 0 Å². The monoisotopic (exact) mass is 544 g/mol. The van der Waals surface area contributed by atoms with E-state index in [9.17, 15) is 14.2 Å². The van der Waals surface area contributed by atoms with Crippen molar-refractivity contribution in [3.63, 3.8) is 0 Å². The van der Waals surface area contributed by atoms with E-state index in [1.54, 1.807) is 38.6 Å². The molecule has 3 N–H and O–H groups in total. The van der Waals surface area contributed by atoms with Gasteiger partial charge in [-0.15, -0.1) is 0 Å². The highest BCUT2D eigenvalue weighted by Crippen LogP contribution is 2.56. The van der Waals surface area contributed by atoms with Gasteiger partial charge in [-0.05, 0) is 41.0 Å². The number of carbonyl (C=O) groups is 2. The SMILES string of the molecule is CCCOC(=O)C(C)(C)NP(=O)(CO[C@@H](C)Cn1cnc2c(N)ncnc21)SCCC(=O)OC(C)C. The van der Waals surface area contributed by atoms with E-state index < -0.39 is 18.0 Å². The molecule has 2 heterocycles. The second kappa shape index (κ2) is 13.4. The number of esters is 2. The molecule has 0 saturated heterocycles. The molecule has 0 saturated carbocycles. The molecule has 0 radical (unpaired) electrons. The number of anilines is 1. The quantitative estimate of drug-likeness (QED) is 0.249. The van der Waals surface area contributed by atoms with Crippen molar-refractivity contribution >= 4 is 46.8 Å². The third-order valence-electron chi connectivity index (χ3n) is 4.78. The number of nitrogens with two attached hydrogens (primary N) is 1. The van der Waals surface area contributed by atoms with Crippen molar-refractivity contribution in [2.75, 3.05) is 24.4 Å². The minimum atomic E-state index is -3.35. The van der Waals surface area contributed by atoms with Gasteiger partial charge in [0.15, 0.2) is 11.5 Å². The summed E-state index contributed by atoms with van der Waals surface area (Å²) in [5.74, 6) is -0.380. The van der Waals surface area contributed by atoms with Gasteiger partial charge in [-0.2, -0.15) is 0 Å². The highest BCUT2D eigenvalue weighted by atomic mass is 32.7. The van der Waals surface area contributed by atoms with E-state index in [1.807, 2.05) is 13.8 Å². The Kier molecular flexibility index (Phi) is 11.1. The molecule has 0 aliphatic carbocycles. The van der Waals surface area contributed by atoms with Crippen molar-refractivity contribution in [2.45, 2.75) is 78.7 Å². The summed E-state index contributed by atoms with van der Waals surface area (Å²) < 4.78 is 32.0. The first-order chi connectivity index (χ1) is 16.9. The molecule has 0 aromatic carbocycles. The maximum Gasteiger partial charge on any atom is 0.326 e. The Labute approximate surface area is 215 Å². The average Bonchev–Trinajstić information content (AvgIpc) is 3.19. The van der Waals surface area contributed by atoms with Gasteiger partial charge in [0, 0.05) is 5.75 Å². The number of rotatable bonds is 15. The van der Waals surface area contributed by atoms with Crippen LogP contribution < -0.4 is 10.8 Å². The number of nitrogens with one attached hydrogen (secondary N) is 1. The van der Waals surface area contributed by atoms with Gasteiger partial charge in [-0.3, -0.25) is 14.2 Å². The zero-order valence-corrected chi connectivity index (χ0v) is 23.4. The zero-order valence-electron chi connectivity index (χ0n) is 21.7. The van der Waals surface area contributed by atoms with Gasteiger partial charge in [0.25, 0.3) is 0 Å². The van der Waals surface area contributed by atoms with E-state index in [0.717, 1.165) is 11.4 Å². The molecule has 0 aliphatic rings. The molecule has 0 spiro atoms. The van der Waals surface area contributed by atoms with Crippen LogP contribution in [0.1, 0.15) is 54.4 Å². The van der Waals surface area contributed by atoms with Gasteiger partial charge in [0.1, 0.15) is 23.7 Å². The second-order valence-electron chi connectivity index (χ2n) is 9.10. The van der Waals surface area contributed by atoms with Crippen LogP contribution in [-0.4, -0.2) is 67.9 Å². The van der Waals surface area contributed by atoms with Crippen molar-refractivity contribution in [3.8, 4) is 0 Å². The first-order valence-corrected chi connectivity index (χ1v) is 15.3. The molecule has 0 aliphatic heterocycles. The van der Waals surface area contributed by atoms with Crippen molar-refractivity contribution in [2.24, 2.45) is 0 Å². The Balaban J connectivity index is 2.08. The van der Waals surface area contributed by atoms with Gasteiger partial charge in [-0.1, -0.05) is 18.3 Å². The van der Waals surface area contributed by atoms with Gasteiger partial charge in [-0.25, -0.2) is 20.0 Å². The summed E-state index contributed by atoms with van der Waals surface area (Å²) in [6.45, 7) is 7.75. The maximum atomic E-state index is 13.9. The van der Waals surface area contributed by atoms with Crippen LogP contribution in [0.2, 0.25) is 0 Å². The third kappa shape index (κ3) is 9.02. The van der Waals surface area contributed by atoms with E-state index >= 15 is 0 Å². The predicted molar refractivity (Wildman–Crippen MR) is 140 cm³/mol. The number of hydrogen-bond acceptors (Lipinski definition) is 11. The fourth-order valence-corrected chi connectivity index (χ4v) is 7.73. The van der Waals surface area contributed by atoms with Crippen LogP contribution in [-0.2, 0) is 34.9 Å². The Bertz CT molecular complexity index is 1080. The average molecular weight is 545 g/mol. The first-order valence-electron chi connectivity index (χ1n) is 11.8. The topological polar surface area (TPSA) is 161 Å². The van der Waals surface area contributed by atoms with Crippen molar-refractivity contribution in [3.05, 3.63) is 12.7 Å². The zero-order chi connectivity index (χ0) is 26.9. The number of fused-ring (bicyclic) bond motifs is 1. The molecular formula is C22H37N6O6PS. The van der Waals surface area contributed by atoms with Gasteiger partial charge < -0.3 is 24.5 Å². The van der Waals surface area contributed by atoms with E-state index in [2.05, 4.69) is 20.0 Å². The predicted octanol–water partition coefficient (Wildman–Crippen LogP) is 3.36. The summed E-state index contributed by atoms with van der Waals surface area (Å²) in [5.41, 5.74) is 5.68. The molecule has 12 nitrogen and oxygen atoms in total. The lowest BCUT2D eigenvalue weighted by atomic mass is 10.1. The normalized spacial score (nSPS) is 14.5. The maximum absolute atomic E-state index is 13.9. The second-order valence-corrected chi connectivity index (χ2v) is 14.1. The van der Waals surface area contributed by atoms with Crippen LogP contribution in [0.5, 0.6) is 0 Å². The van der Waals surface area contributed by atoms with Crippen LogP contribution in [0.4, 0.5) is 5.82 Å². The Morgan fingerprint density at radius 1 is 1.25 bits per heavy atom. The van der Waals surface area contributed by atoms with Crippen LogP contribution in [0.3, 0.4) is 0 Å².